The van der Waals surface area contributed by atoms with Crippen molar-refractivity contribution in [3.05, 3.63) is 47.8 Å². The molecular formula is C16H12F7NO2. The van der Waals surface area contributed by atoms with Gasteiger partial charge in [-0.25, -0.2) is 4.39 Å². The Kier molecular flexibility index (Phi) is 5.65. The number of hydrogen-bond donors (Lipinski definition) is 1. The number of halogens is 7. The fourth-order valence-corrected chi connectivity index (χ4v) is 2.09. The maximum atomic E-state index is 14.0. The van der Waals surface area contributed by atoms with E-state index in [1.807, 2.05) is 0 Å². The molecule has 2 rings (SSSR count). The van der Waals surface area contributed by atoms with Crippen molar-refractivity contribution in [3.8, 4) is 22.6 Å². The summed E-state index contributed by atoms with van der Waals surface area (Å²) in [4.78, 5) is 0. The van der Waals surface area contributed by atoms with Crippen molar-refractivity contribution in [2.45, 2.75) is 12.5 Å². The van der Waals surface area contributed by atoms with Crippen molar-refractivity contribution in [1.29, 1.82) is 0 Å². The van der Waals surface area contributed by atoms with Crippen LogP contribution in [0.2, 0.25) is 0 Å². The van der Waals surface area contributed by atoms with E-state index in [0.717, 1.165) is 18.2 Å². The molecule has 0 radical (unpaired) electrons. The molecule has 10 heteroatoms. The summed E-state index contributed by atoms with van der Waals surface area (Å²) in [5.74, 6) is -2.13. The van der Waals surface area contributed by atoms with Gasteiger partial charge in [0.1, 0.15) is 12.4 Å². The van der Waals surface area contributed by atoms with Gasteiger partial charge < -0.3 is 15.2 Å². The standard InChI is InChI=1S/C16H12F7NO2/c17-12-3-2-10(15(18,19)20)8-11(12)9-1-4-13(26-16(21,22)23)14(7-9)25-6-5-24/h1-4,7-8H,5-6,24H2. The van der Waals surface area contributed by atoms with E-state index in [2.05, 4.69) is 4.74 Å². The molecule has 0 bridgehead atoms. The molecule has 0 aliphatic heterocycles. The average molecular weight is 383 g/mol. The summed E-state index contributed by atoms with van der Waals surface area (Å²) in [5, 5.41) is 0. The van der Waals surface area contributed by atoms with E-state index in [1.165, 1.54) is 0 Å². The zero-order valence-corrected chi connectivity index (χ0v) is 12.9. The molecule has 2 aromatic carbocycles. The second kappa shape index (κ2) is 7.40. The Morgan fingerprint density at radius 2 is 1.58 bits per heavy atom. The molecule has 0 aromatic heterocycles. The van der Waals surface area contributed by atoms with Gasteiger partial charge in [0.05, 0.1) is 5.56 Å². The van der Waals surface area contributed by atoms with E-state index >= 15 is 0 Å². The molecule has 0 saturated carbocycles. The molecular weight excluding hydrogens is 371 g/mol. The number of rotatable bonds is 5. The molecule has 0 heterocycles. The molecule has 142 valence electrons. The average Bonchev–Trinajstić information content (AvgIpc) is 2.52. The molecule has 0 unspecified atom stereocenters. The minimum absolute atomic E-state index is 0.0341. The number of alkyl halides is 6. The lowest BCUT2D eigenvalue weighted by atomic mass is 10.0. The maximum absolute atomic E-state index is 14.0. The van der Waals surface area contributed by atoms with Crippen LogP contribution in [0.1, 0.15) is 5.56 Å². The van der Waals surface area contributed by atoms with Crippen molar-refractivity contribution in [2.24, 2.45) is 5.73 Å². The van der Waals surface area contributed by atoms with Gasteiger partial charge in [-0.05, 0) is 35.9 Å². The normalized spacial score (nSPS) is 12.2. The van der Waals surface area contributed by atoms with Crippen LogP contribution in [0.3, 0.4) is 0 Å². The van der Waals surface area contributed by atoms with Gasteiger partial charge >= 0.3 is 12.5 Å². The third-order valence-electron chi connectivity index (χ3n) is 3.15. The second-order valence-corrected chi connectivity index (χ2v) is 5.04. The summed E-state index contributed by atoms with van der Waals surface area (Å²) in [6.07, 6.45) is -9.72. The molecule has 0 aliphatic carbocycles. The number of ether oxygens (including phenoxy) is 2. The van der Waals surface area contributed by atoms with E-state index in [-0.39, 0.29) is 18.7 Å². The number of hydrogen-bond acceptors (Lipinski definition) is 3. The lowest BCUT2D eigenvalue weighted by molar-refractivity contribution is -0.275. The first-order chi connectivity index (χ1) is 12.0. The molecule has 0 amide bonds. The summed E-state index contributed by atoms with van der Waals surface area (Å²) in [6, 6.07) is 4.52. The van der Waals surface area contributed by atoms with Gasteiger partial charge in [-0.1, -0.05) is 6.07 Å². The van der Waals surface area contributed by atoms with E-state index in [9.17, 15) is 30.7 Å². The highest BCUT2D eigenvalue weighted by atomic mass is 19.4. The fourth-order valence-electron chi connectivity index (χ4n) is 2.09. The minimum atomic E-state index is -5.01. The molecule has 0 atom stereocenters. The van der Waals surface area contributed by atoms with Crippen molar-refractivity contribution in [3.63, 3.8) is 0 Å². The van der Waals surface area contributed by atoms with Crippen LogP contribution in [0, 0.1) is 5.82 Å². The van der Waals surface area contributed by atoms with E-state index in [1.54, 1.807) is 0 Å². The smallest absolute Gasteiger partial charge is 0.488 e. The van der Waals surface area contributed by atoms with Crippen LogP contribution in [-0.2, 0) is 6.18 Å². The van der Waals surface area contributed by atoms with E-state index in [4.69, 9.17) is 10.5 Å². The summed E-state index contributed by atoms with van der Waals surface area (Å²) >= 11 is 0. The van der Waals surface area contributed by atoms with E-state index in [0.29, 0.717) is 18.2 Å². The summed E-state index contributed by atoms with van der Waals surface area (Å²) in [6.45, 7) is -0.212. The Morgan fingerprint density at radius 3 is 2.15 bits per heavy atom. The van der Waals surface area contributed by atoms with Crippen LogP contribution in [0.15, 0.2) is 36.4 Å². The van der Waals surface area contributed by atoms with Gasteiger partial charge in [0.2, 0.25) is 0 Å². The second-order valence-electron chi connectivity index (χ2n) is 5.04. The highest BCUT2D eigenvalue weighted by Gasteiger charge is 2.33. The summed E-state index contributed by atoms with van der Waals surface area (Å²) < 4.78 is 98.5. The largest absolute Gasteiger partial charge is 0.573 e. The van der Waals surface area contributed by atoms with Crippen molar-refractivity contribution < 1.29 is 40.2 Å². The fraction of sp³-hybridized carbons (Fsp3) is 0.250. The Bertz CT molecular complexity index is 772. The van der Waals surface area contributed by atoms with Crippen molar-refractivity contribution in [2.75, 3.05) is 13.2 Å². The van der Waals surface area contributed by atoms with Crippen LogP contribution in [-0.4, -0.2) is 19.5 Å². The lowest BCUT2D eigenvalue weighted by Crippen LogP contribution is -2.18. The van der Waals surface area contributed by atoms with Crippen LogP contribution in [0.4, 0.5) is 30.7 Å². The number of nitrogens with two attached hydrogens (primary N) is 1. The van der Waals surface area contributed by atoms with Gasteiger partial charge in [-0.15, -0.1) is 13.2 Å². The molecule has 26 heavy (non-hydrogen) atoms. The van der Waals surface area contributed by atoms with Crippen molar-refractivity contribution in [1.82, 2.24) is 0 Å². The van der Waals surface area contributed by atoms with Gasteiger partial charge in [0.15, 0.2) is 11.5 Å². The molecule has 3 nitrogen and oxygen atoms in total. The van der Waals surface area contributed by atoms with Gasteiger partial charge in [-0.2, -0.15) is 13.2 Å². The third-order valence-corrected chi connectivity index (χ3v) is 3.15. The molecule has 0 saturated heterocycles. The first kappa shape index (κ1) is 19.8. The third kappa shape index (κ3) is 5.01. The van der Waals surface area contributed by atoms with Gasteiger partial charge in [0.25, 0.3) is 0 Å². The molecule has 2 N–H and O–H groups in total. The predicted molar refractivity (Wildman–Crippen MR) is 78.1 cm³/mol. The highest BCUT2D eigenvalue weighted by Crippen LogP contribution is 2.38. The SMILES string of the molecule is NCCOc1cc(-c2cc(C(F)(F)F)ccc2F)ccc1OC(F)(F)F. The Balaban J connectivity index is 2.50. The van der Waals surface area contributed by atoms with Gasteiger partial charge in [-0.3, -0.25) is 0 Å². The Labute approximate surface area is 143 Å². The summed E-state index contributed by atoms with van der Waals surface area (Å²) in [5.41, 5.74) is 3.56. The van der Waals surface area contributed by atoms with Crippen LogP contribution in [0.5, 0.6) is 11.5 Å². The molecule has 0 fully saturated rings. The molecule has 0 spiro atoms. The number of benzene rings is 2. The topological polar surface area (TPSA) is 44.5 Å². The molecule has 0 aliphatic rings. The van der Waals surface area contributed by atoms with Crippen LogP contribution >= 0.6 is 0 Å². The van der Waals surface area contributed by atoms with Crippen LogP contribution in [0.25, 0.3) is 11.1 Å². The zero-order valence-electron chi connectivity index (χ0n) is 12.9. The Morgan fingerprint density at radius 1 is 0.885 bits per heavy atom. The Hall–Kier alpha value is -2.49. The monoisotopic (exact) mass is 383 g/mol. The summed E-state index contributed by atoms with van der Waals surface area (Å²) in [7, 11) is 0. The van der Waals surface area contributed by atoms with Crippen LogP contribution < -0.4 is 15.2 Å². The van der Waals surface area contributed by atoms with Crippen molar-refractivity contribution >= 4 is 0 Å². The highest BCUT2D eigenvalue weighted by molar-refractivity contribution is 5.68. The zero-order chi connectivity index (χ0) is 19.5. The maximum Gasteiger partial charge on any atom is 0.573 e. The van der Waals surface area contributed by atoms with Gasteiger partial charge in [0, 0.05) is 12.1 Å². The molecule has 2 aromatic rings. The quantitative estimate of drug-likeness (QED) is 0.758. The van der Waals surface area contributed by atoms with E-state index < -0.39 is 41.0 Å². The first-order valence-electron chi connectivity index (χ1n) is 7.11. The lowest BCUT2D eigenvalue weighted by Gasteiger charge is -2.16. The first-order valence-corrected chi connectivity index (χ1v) is 7.11. The predicted octanol–water partition coefficient (Wildman–Crippen LogP) is 4.75. The minimum Gasteiger partial charge on any atom is -0.488 e.